The van der Waals surface area contributed by atoms with Crippen molar-refractivity contribution in [3.63, 3.8) is 0 Å². The number of hydrogen-bond acceptors (Lipinski definition) is 14. The van der Waals surface area contributed by atoms with Crippen LogP contribution in [0.5, 0.6) is 0 Å². The molecule has 0 aliphatic carbocycles. The summed E-state index contributed by atoms with van der Waals surface area (Å²) in [6.07, 6.45) is -7.28. The van der Waals surface area contributed by atoms with E-state index in [1.54, 1.807) is 0 Å². The van der Waals surface area contributed by atoms with Crippen LogP contribution in [0.2, 0.25) is 0 Å². The van der Waals surface area contributed by atoms with Crippen LogP contribution in [0.1, 0.15) is 73.1 Å². The van der Waals surface area contributed by atoms with Gasteiger partial charge in [-0.1, -0.05) is 45.1 Å². The molecule has 2 rings (SSSR count). The average Bonchev–Trinajstić information content (AvgIpc) is 3.00. The Kier molecular flexibility index (Phi) is 17.6. The average molecular weight is 648 g/mol. The first-order valence-electron chi connectivity index (χ1n) is 15.5. The van der Waals surface area contributed by atoms with Crippen molar-refractivity contribution in [1.29, 1.82) is 0 Å². The van der Waals surface area contributed by atoms with Gasteiger partial charge in [0, 0.05) is 38.6 Å². The summed E-state index contributed by atoms with van der Waals surface area (Å²) in [7, 11) is 1.13. The maximum absolute atomic E-state index is 12.7. The highest BCUT2D eigenvalue weighted by molar-refractivity contribution is 5.75. The number of carbonyl (C=O) groups excluding carboxylic acids is 3. The highest BCUT2D eigenvalue weighted by Gasteiger charge is 2.55. The molecule has 2 fully saturated rings. The van der Waals surface area contributed by atoms with E-state index in [9.17, 15) is 25.0 Å². The zero-order valence-electron chi connectivity index (χ0n) is 27.0. The SMILES string of the molecule is CCCCOC1OC(COC(C)=O)[C@@H](O[C@@H]2OC(C(=O)OC)[C@@H](O)C(OCCCC)[C@@H]2OC(C)=O)C(OCCCC)[C@@H]1N=[N+]=[N-]. The fourth-order valence-corrected chi connectivity index (χ4v) is 4.88. The predicted octanol–water partition coefficient (Wildman–Crippen LogP) is 2.72. The van der Waals surface area contributed by atoms with Crippen LogP contribution in [0.15, 0.2) is 5.11 Å². The first-order valence-corrected chi connectivity index (χ1v) is 15.5. The minimum absolute atomic E-state index is 0.177. The number of unbranched alkanes of at least 4 members (excludes halogenated alkanes) is 3. The molecule has 1 N–H and O–H groups in total. The van der Waals surface area contributed by atoms with Gasteiger partial charge in [0.25, 0.3) is 0 Å². The number of rotatable bonds is 19. The molecule has 0 saturated carbocycles. The van der Waals surface area contributed by atoms with Gasteiger partial charge in [-0.3, -0.25) is 9.59 Å². The summed E-state index contributed by atoms with van der Waals surface area (Å²) in [4.78, 5) is 39.8. The quantitative estimate of drug-likeness (QED) is 0.0536. The van der Waals surface area contributed by atoms with Gasteiger partial charge in [0.2, 0.25) is 0 Å². The molecule has 0 aromatic carbocycles. The second-order valence-corrected chi connectivity index (χ2v) is 10.8. The Morgan fingerprint density at radius 3 is 1.96 bits per heavy atom. The lowest BCUT2D eigenvalue weighted by atomic mass is 9.95. The summed E-state index contributed by atoms with van der Waals surface area (Å²) in [5, 5.41) is 15.0. The van der Waals surface area contributed by atoms with Crippen molar-refractivity contribution in [2.24, 2.45) is 5.11 Å². The fraction of sp³-hybridized carbons (Fsp3) is 0.897. The number of carbonyl (C=O) groups is 3. The van der Waals surface area contributed by atoms with E-state index >= 15 is 0 Å². The summed E-state index contributed by atoms with van der Waals surface area (Å²) in [5.41, 5.74) is 9.48. The Balaban J connectivity index is 2.59. The summed E-state index contributed by atoms with van der Waals surface area (Å²) in [6.45, 7) is 8.70. The molecular weight excluding hydrogens is 598 g/mol. The molecule has 0 aromatic heterocycles. The molecular formula is C29H49N3O13. The number of hydrogen-bond donors (Lipinski definition) is 1. The largest absolute Gasteiger partial charge is 0.467 e. The van der Waals surface area contributed by atoms with Crippen LogP contribution in [0.25, 0.3) is 10.4 Å². The molecule has 16 nitrogen and oxygen atoms in total. The fourth-order valence-electron chi connectivity index (χ4n) is 4.88. The summed E-state index contributed by atoms with van der Waals surface area (Å²) >= 11 is 0. The second-order valence-electron chi connectivity index (χ2n) is 10.8. The molecule has 0 amide bonds. The molecule has 2 saturated heterocycles. The van der Waals surface area contributed by atoms with Gasteiger partial charge in [-0.25, -0.2) is 4.79 Å². The van der Waals surface area contributed by atoms with Gasteiger partial charge in [0.15, 0.2) is 24.8 Å². The first kappa shape index (κ1) is 38.6. The maximum atomic E-state index is 12.7. The molecule has 0 spiro atoms. The predicted molar refractivity (Wildman–Crippen MR) is 155 cm³/mol. The van der Waals surface area contributed by atoms with Crippen LogP contribution in [0.3, 0.4) is 0 Å². The Bertz CT molecular complexity index is 966. The third-order valence-electron chi connectivity index (χ3n) is 7.19. The monoisotopic (exact) mass is 647 g/mol. The number of ether oxygens (including phenoxy) is 9. The minimum atomic E-state index is -1.58. The molecule has 0 bridgehead atoms. The Morgan fingerprint density at radius 1 is 0.822 bits per heavy atom. The van der Waals surface area contributed by atoms with Gasteiger partial charge in [0.05, 0.1) is 13.2 Å². The van der Waals surface area contributed by atoms with Crippen molar-refractivity contribution in [2.75, 3.05) is 33.5 Å². The third-order valence-corrected chi connectivity index (χ3v) is 7.19. The van der Waals surface area contributed by atoms with E-state index in [0.717, 1.165) is 26.4 Å². The molecule has 0 radical (unpaired) electrons. The van der Waals surface area contributed by atoms with Crippen LogP contribution >= 0.6 is 0 Å². The molecule has 10 atom stereocenters. The topological polar surface area (TPSA) is 203 Å². The minimum Gasteiger partial charge on any atom is -0.467 e. The van der Waals surface area contributed by atoms with Crippen molar-refractivity contribution in [1.82, 2.24) is 0 Å². The van der Waals surface area contributed by atoms with Crippen molar-refractivity contribution in [3.05, 3.63) is 10.4 Å². The number of aliphatic hydroxyl groups is 1. The van der Waals surface area contributed by atoms with Crippen molar-refractivity contribution < 1.29 is 62.1 Å². The van der Waals surface area contributed by atoms with Gasteiger partial charge >= 0.3 is 17.9 Å². The van der Waals surface area contributed by atoms with Crippen LogP contribution in [-0.4, -0.2) is 118 Å². The molecule has 16 heteroatoms. The highest BCUT2D eigenvalue weighted by atomic mass is 16.8. The summed E-state index contributed by atoms with van der Waals surface area (Å²) in [5.74, 6) is -2.23. The lowest BCUT2D eigenvalue weighted by molar-refractivity contribution is -0.349. The highest BCUT2D eigenvalue weighted by Crippen LogP contribution is 2.35. The smallest absolute Gasteiger partial charge is 0.337 e. The molecule has 5 unspecified atom stereocenters. The van der Waals surface area contributed by atoms with Crippen LogP contribution < -0.4 is 0 Å². The summed E-state index contributed by atoms with van der Waals surface area (Å²) in [6, 6.07) is -1.06. The van der Waals surface area contributed by atoms with E-state index in [2.05, 4.69) is 10.0 Å². The van der Waals surface area contributed by atoms with E-state index in [1.807, 2.05) is 20.8 Å². The van der Waals surface area contributed by atoms with E-state index in [4.69, 9.17) is 42.6 Å². The molecule has 45 heavy (non-hydrogen) atoms. The van der Waals surface area contributed by atoms with Gasteiger partial charge in [-0.2, -0.15) is 0 Å². The standard InChI is InChI=1S/C29H49N3O13/c1-7-10-13-38-23-20(31-32-30)28(40-15-12-9-3)43-19(16-41-17(4)33)22(23)44-29-26(42-18(5)34)24(39-14-11-8-2)21(35)25(45-29)27(36)37-6/h19-26,28-29,35H,7-16H2,1-6H3/t19?,20-,21-,22+,23?,24?,25?,26-,28?,29+/m0/s1. The second kappa shape index (κ2) is 20.5. The van der Waals surface area contributed by atoms with Gasteiger partial charge in [0.1, 0.15) is 37.1 Å². The van der Waals surface area contributed by atoms with Crippen molar-refractivity contribution >= 4 is 17.9 Å². The van der Waals surface area contributed by atoms with Crippen LogP contribution in [0.4, 0.5) is 0 Å². The normalized spacial score (nSPS) is 31.4. The van der Waals surface area contributed by atoms with Gasteiger partial charge < -0.3 is 47.7 Å². The lowest BCUT2D eigenvalue weighted by Crippen LogP contribution is -2.66. The first-order chi connectivity index (χ1) is 21.6. The Hall–Kier alpha value is -2.56. The van der Waals surface area contributed by atoms with Gasteiger partial charge in [-0.15, -0.1) is 0 Å². The number of nitrogens with zero attached hydrogens (tertiary/aromatic N) is 3. The van der Waals surface area contributed by atoms with E-state index in [0.29, 0.717) is 25.9 Å². The van der Waals surface area contributed by atoms with Crippen LogP contribution in [0, 0.1) is 0 Å². The zero-order chi connectivity index (χ0) is 33.4. The van der Waals surface area contributed by atoms with Crippen molar-refractivity contribution in [3.8, 4) is 0 Å². The molecule has 2 heterocycles. The third kappa shape index (κ3) is 11.6. The maximum Gasteiger partial charge on any atom is 0.337 e. The van der Waals surface area contributed by atoms with Gasteiger partial charge in [-0.05, 0) is 24.8 Å². The molecule has 258 valence electrons. The number of esters is 3. The number of methoxy groups -OCH3 is 1. The van der Waals surface area contributed by atoms with E-state index in [-0.39, 0.29) is 19.8 Å². The van der Waals surface area contributed by atoms with Crippen molar-refractivity contribution in [2.45, 2.75) is 134 Å². The summed E-state index contributed by atoms with van der Waals surface area (Å²) < 4.78 is 52.3. The van der Waals surface area contributed by atoms with E-state index in [1.165, 1.54) is 13.8 Å². The lowest BCUT2D eigenvalue weighted by Gasteiger charge is -2.48. The molecule has 0 aromatic rings. The number of aliphatic hydroxyl groups excluding tert-OH is 1. The molecule has 2 aliphatic rings. The Morgan fingerprint density at radius 2 is 1.42 bits per heavy atom. The van der Waals surface area contributed by atoms with Crippen LogP contribution in [-0.2, 0) is 57.0 Å². The molecule has 2 aliphatic heterocycles. The zero-order valence-corrected chi connectivity index (χ0v) is 27.0. The number of azide groups is 1. The Labute approximate surface area is 263 Å². The van der Waals surface area contributed by atoms with E-state index < -0.39 is 79.3 Å².